The van der Waals surface area contributed by atoms with Gasteiger partial charge in [-0.1, -0.05) is 37.4 Å². The number of nitrogens with zero attached hydrogens (tertiary/aromatic N) is 2. The van der Waals surface area contributed by atoms with Crippen LogP contribution in [0.5, 0.6) is 0 Å². The number of rotatable bonds is 12. The van der Waals surface area contributed by atoms with Crippen LogP contribution >= 0.6 is 11.6 Å². The Morgan fingerprint density at radius 2 is 1.93 bits per heavy atom. The highest BCUT2D eigenvalue weighted by molar-refractivity contribution is 7.89. The number of piperazine rings is 1. The van der Waals surface area contributed by atoms with Crippen molar-refractivity contribution in [2.24, 2.45) is 5.92 Å². The highest BCUT2D eigenvalue weighted by atomic mass is 35.5. The third kappa shape index (κ3) is 9.11. The van der Waals surface area contributed by atoms with Crippen molar-refractivity contribution in [2.45, 2.75) is 75.9 Å². The Morgan fingerprint density at radius 1 is 1.16 bits per heavy atom. The SMILES string of the molecule is CCCS(=O)(=O)N1CCNC[C@@H]1CC[C@H]1CCCC[C@@H]1NC(=O)[C@@H](NC(=O)OC)[C@H](c1cncc(F)c1)c1ccc(Cl)c(F)c1. The van der Waals surface area contributed by atoms with Crippen molar-refractivity contribution in [3.8, 4) is 0 Å². The van der Waals surface area contributed by atoms with Gasteiger partial charge in [0.05, 0.1) is 24.1 Å². The van der Waals surface area contributed by atoms with E-state index in [1.807, 2.05) is 6.92 Å². The Balaban J connectivity index is 1.58. The minimum absolute atomic E-state index is 0.0707. The normalized spacial score (nSPS) is 22.3. The maximum absolute atomic E-state index is 14.7. The molecule has 1 aromatic heterocycles. The fourth-order valence-corrected chi connectivity index (χ4v) is 8.39. The summed E-state index contributed by atoms with van der Waals surface area (Å²) >= 11 is 5.93. The summed E-state index contributed by atoms with van der Waals surface area (Å²) in [6.45, 7) is 3.46. The van der Waals surface area contributed by atoms with Crippen molar-refractivity contribution >= 4 is 33.6 Å². The number of pyridine rings is 1. The molecule has 0 unspecified atom stereocenters. The van der Waals surface area contributed by atoms with Gasteiger partial charge in [0.25, 0.3) is 0 Å². The van der Waals surface area contributed by atoms with Crippen molar-refractivity contribution in [1.82, 2.24) is 25.2 Å². The first-order chi connectivity index (χ1) is 21.5. The molecule has 4 rings (SSSR count). The molecule has 0 bridgehead atoms. The molecule has 1 saturated carbocycles. The van der Waals surface area contributed by atoms with Crippen molar-refractivity contribution in [3.63, 3.8) is 0 Å². The minimum atomic E-state index is -3.36. The number of halogens is 3. The molecule has 5 atom stereocenters. The van der Waals surface area contributed by atoms with E-state index >= 15 is 0 Å². The van der Waals surface area contributed by atoms with Gasteiger partial charge in [0.15, 0.2) is 0 Å². The Morgan fingerprint density at radius 3 is 2.64 bits per heavy atom. The van der Waals surface area contributed by atoms with E-state index in [1.54, 1.807) is 4.31 Å². The first kappa shape index (κ1) is 35.0. The smallest absolute Gasteiger partial charge is 0.407 e. The van der Waals surface area contributed by atoms with Crippen LogP contribution in [0, 0.1) is 17.6 Å². The van der Waals surface area contributed by atoms with Crippen molar-refractivity contribution in [2.75, 3.05) is 32.5 Å². The van der Waals surface area contributed by atoms with E-state index < -0.39 is 45.6 Å². The molecule has 1 aromatic carbocycles. The number of aromatic nitrogens is 1. The molecule has 2 aromatic rings. The lowest BCUT2D eigenvalue weighted by molar-refractivity contribution is -0.124. The summed E-state index contributed by atoms with van der Waals surface area (Å²) in [7, 11) is -2.20. The number of hydrogen-bond acceptors (Lipinski definition) is 7. The van der Waals surface area contributed by atoms with Gasteiger partial charge in [0.2, 0.25) is 15.9 Å². The molecule has 1 aliphatic heterocycles. The largest absolute Gasteiger partial charge is 0.453 e. The van der Waals surface area contributed by atoms with Gasteiger partial charge >= 0.3 is 6.09 Å². The second-order valence-electron chi connectivity index (χ2n) is 11.7. The molecule has 1 aliphatic carbocycles. The topological polar surface area (TPSA) is 130 Å². The van der Waals surface area contributed by atoms with Crippen molar-refractivity contribution in [3.05, 3.63) is 64.4 Å². The van der Waals surface area contributed by atoms with Gasteiger partial charge in [0.1, 0.15) is 17.7 Å². The van der Waals surface area contributed by atoms with Gasteiger partial charge in [0, 0.05) is 43.8 Å². The number of carbonyl (C=O) groups excluding carboxylic acids is 2. The van der Waals surface area contributed by atoms with Crippen LogP contribution < -0.4 is 16.0 Å². The predicted molar refractivity (Wildman–Crippen MR) is 167 cm³/mol. The standard InChI is InChI=1S/C31H42ClF2N5O5S/c1-3-14-45(42,43)39-13-12-35-19-24(39)10-8-20-6-4-5-7-27(20)37-30(40)29(38-31(41)44-2)28(22-15-23(33)18-36-17-22)21-9-11-25(32)26(34)16-21/h9,11,15-18,20,24,27-29,35H,3-8,10,12-14,19H2,1-2H3,(H,37,40)(H,38,41)/t20-,24+,27+,28+,29+/m1/s1. The van der Waals surface area contributed by atoms with E-state index in [-0.39, 0.29) is 39.9 Å². The van der Waals surface area contributed by atoms with E-state index in [1.165, 1.54) is 24.4 Å². The molecule has 2 amide bonds. The summed E-state index contributed by atoms with van der Waals surface area (Å²) in [6.07, 6.45) is 6.77. The fourth-order valence-electron chi connectivity index (χ4n) is 6.52. The van der Waals surface area contributed by atoms with Crippen LogP contribution in [-0.4, -0.2) is 80.3 Å². The second-order valence-corrected chi connectivity index (χ2v) is 14.2. The fraction of sp³-hybridized carbons (Fsp3) is 0.581. The van der Waals surface area contributed by atoms with E-state index in [0.29, 0.717) is 45.3 Å². The highest BCUT2D eigenvalue weighted by Crippen LogP contribution is 2.33. The molecule has 0 radical (unpaired) electrons. The average Bonchev–Trinajstić information content (AvgIpc) is 3.02. The van der Waals surface area contributed by atoms with Gasteiger partial charge < -0.3 is 20.7 Å². The zero-order valence-corrected chi connectivity index (χ0v) is 27.2. The summed E-state index contributed by atoms with van der Waals surface area (Å²) in [5.74, 6) is -2.80. The molecule has 10 nitrogen and oxygen atoms in total. The summed E-state index contributed by atoms with van der Waals surface area (Å²) in [5.41, 5.74) is 0.519. The molecule has 45 heavy (non-hydrogen) atoms. The Hall–Kier alpha value is -2.87. The molecule has 3 N–H and O–H groups in total. The maximum Gasteiger partial charge on any atom is 0.407 e. The van der Waals surface area contributed by atoms with Crippen molar-refractivity contribution < 1.29 is 31.5 Å². The zero-order valence-electron chi connectivity index (χ0n) is 25.6. The van der Waals surface area contributed by atoms with E-state index in [2.05, 4.69) is 20.9 Å². The minimum Gasteiger partial charge on any atom is -0.453 e. The van der Waals surface area contributed by atoms with Gasteiger partial charge in [-0.3, -0.25) is 9.78 Å². The first-order valence-electron chi connectivity index (χ1n) is 15.4. The molecule has 2 heterocycles. The highest BCUT2D eigenvalue weighted by Gasteiger charge is 2.38. The van der Waals surface area contributed by atoms with Crippen LogP contribution in [0.1, 0.15) is 68.9 Å². The predicted octanol–water partition coefficient (Wildman–Crippen LogP) is 4.34. The summed E-state index contributed by atoms with van der Waals surface area (Å²) in [6, 6.07) is 3.44. The maximum atomic E-state index is 14.7. The first-order valence-corrected chi connectivity index (χ1v) is 17.4. The third-order valence-corrected chi connectivity index (χ3v) is 11.1. The lowest BCUT2D eigenvalue weighted by atomic mass is 9.80. The number of carbonyl (C=O) groups is 2. The van der Waals surface area contributed by atoms with Crippen LogP contribution in [0.3, 0.4) is 0 Å². The Kier molecular flexibility index (Phi) is 12.5. The molecule has 0 spiro atoms. The molecular weight excluding hydrogens is 628 g/mol. The molecular formula is C31H42ClF2N5O5S. The van der Waals surface area contributed by atoms with E-state index in [0.717, 1.165) is 38.6 Å². The zero-order chi connectivity index (χ0) is 32.6. The number of benzene rings is 1. The van der Waals surface area contributed by atoms with E-state index in [4.69, 9.17) is 16.3 Å². The number of alkyl carbamates (subject to hydrolysis) is 1. The van der Waals surface area contributed by atoms with Gasteiger partial charge in [-0.05, 0) is 67.3 Å². The third-order valence-electron chi connectivity index (χ3n) is 8.69. The molecule has 2 aliphatic rings. The number of ether oxygens (including phenoxy) is 1. The lowest BCUT2D eigenvalue weighted by Crippen LogP contribution is -2.55. The number of methoxy groups -OCH3 is 1. The average molecular weight is 670 g/mol. The van der Waals surface area contributed by atoms with Gasteiger partial charge in [-0.25, -0.2) is 22.0 Å². The van der Waals surface area contributed by atoms with Gasteiger partial charge in [-0.15, -0.1) is 0 Å². The number of nitrogens with one attached hydrogen (secondary N) is 3. The summed E-state index contributed by atoms with van der Waals surface area (Å²) in [4.78, 5) is 30.5. The van der Waals surface area contributed by atoms with Crippen LogP contribution in [0.4, 0.5) is 13.6 Å². The molecule has 1 saturated heterocycles. The Bertz CT molecular complexity index is 1430. The molecule has 2 fully saturated rings. The number of sulfonamides is 1. The molecule has 14 heteroatoms. The quantitative estimate of drug-likeness (QED) is 0.307. The van der Waals surface area contributed by atoms with E-state index in [9.17, 15) is 26.8 Å². The van der Waals surface area contributed by atoms with Crippen LogP contribution in [0.25, 0.3) is 0 Å². The van der Waals surface area contributed by atoms with Crippen molar-refractivity contribution in [1.29, 1.82) is 0 Å². The second kappa shape index (κ2) is 16.1. The van der Waals surface area contributed by atoms with Gasteiger partial charge in [-0.2, -0.15) is 4.31 Å². The summed E-state index contributed by atoms with van der Waals surface area (Å²) in [5, 5.41) is 8.88. The molecule has 248 valence electrons. The monoisotopic (exact) mass is 669 g/mol. The number of hydrogen-bond donors (Lipinski definition) is 3. The van der Waals surface area contributed by atoms with Crippen LogP contribution in [-0.2, 0) is 19.6 Å². The number of amides is 2. The Labute approximate surface area is 268 Å². The lowest BCUT2D eigenvalue weighted by Gasteiger charge is -2.38. The van der Waals surface area contributed by atoms with Crippen LogP contribution in [0.15, 0.2) is 36.7 Å². The van der Waals surface area contributed by atoms with Crippen LogP contribution in [0.2, 0.25) is 5.02 Å². The summed E-state index contributed by atoms with van der Waals surface area (Å²) < 4.78 is 61.4.